The molecule has 6 heteroatoms. The lowest BCUT2D eigenvalue weighted by Crippen LogP contribution is -2.23. The van der Waals surface area contributed by atoms with Crippen LogP contribution >= 0.6 is 0 Å². The van der Waals surface area contributed by atoms with Crippen molar-refractivity contribution < 1.29 is 19.1 Å². The summed E-state index contributed by atoms with van der Waals surface area (Å²) < 4.78 is 16.0. The zero-order valence-electron chi connectivity index (χ0n) is 21.5. The van der Waals surface area contributed by atoms with Crippen LogP contribution in [0.25, 0.3) is 27.4 Å². The summed E-state index contributed by atoms with van der Waals surface area (Å²) in [6.07, 6.45) is 4.48. The number of nitrogens with one attached hydrogen (secondary N) is 1. The standard InChI is InChI=1S/C34H25FN2O3/c35-30-7-3-6-27(18-30)29-19-31(33(38)36-20-22-8-12-25(13-9-22)34(39)40)32-28(14-15-37(32)21-29)17-23-10-11-24-4-1-2-5-26(24)16-23/h1-16,18-19,21H,17,20H2,(H,36,38)(H,39,40). The van der Waals surface area contributed by atoms with E-state index >= 15 is 0 Å². The number of carbonyl (C=O) groups excluding carboxylic acids is 1. The number of rotatable bonds is 7. The van der Waals surface area contributed by atoms with Crippen molar-refractivity contribution in [3.05, 3.63) is 149 Å². The minimum absolute atomic E-state index is 0.186. The van der Waals surface area contributed by atoms with Crippen molar-refractivity contribution in [1.29, 1.82) is 0 Å². The number of carboxylic acid groups (broad SMARTS) is 1. The van der Waals surface area contributed by atoms with E-state index in [0.717, 1.165) is 33.2 Å². The predicted octanol–water partition coefficient (Wildman–Crippen LogP) is 7.12. The van der Waals surface area contributed by atoms with Crippen LogP contribution in [0.15, 0.2) is 116 Å². The number of amides is 1. The Morgan fingerprint density at radius 3 is 2.33 bits per heavy atom. The van der Waals surface area contributed by atoms with Gasteiger partial charge in [-0.3, -0.25) is 4.79 Å². The summed E-state index contributed by atoms with van der Waals surface area (Å²) >= 11 is 0. The van der Waals surface area contributed by atoms with E-state index in [2.05, 4.69) is 35.6 Å². The number of aromatic nitrogens is 1. The third-order valence-corrected chi connectivity index (χ3v) is 7.10. The van der Waals surface area contributed by atoms with Gasteiger partial charge in [-0.15, -0.1) is 0 Å². The highest BCUT2D eigenvalue weighted by atomic mass is 19.1. The normalized spacial score (nSPS) is 11.1. The molecule has 2 N–H and O–H groups in total. The number of hydrogen-bond donors (Lipinski definition) is 2. The van der Waals surface area contributed by atoms with E-state index in [-0.39, 0.29) is 23.8 Å². The van der Waals surface area contributed by atoms with Crippen LogP contribution in [-0.4, -0.2) is 21.4 Å². The maximum atomic E-state index is 14.0. The molecule has 0 aliphatic heterocycles. The van der Waals surface area contributed by atoms with E-state index in [1.165, 1.54) is 29.7 Å². The molecule has 2 heterocycles. The molecular formula is C34H25FN2O3. The van der Waals surface area contributed by atoms with E-state index in [4.69, 9.17) is 5.11 Å². The molecule has 2 aromatic heterocycles. The van der Waals surface area contributed by atoms with Gasteiger partial charge < -0.3 is 14.8 Å². The van der Waals surface area contributed by atoms with Gasteiger partial charge >= 0.3 is 5.97 Å². The fourth-order valence-electron chi connectivity index (χ4n) is 5.07. The third-order valence-electron chi connectivity index (χ3n) is 7.10. The van der Waals surface area contributed by atoms with E-state index in [9.17, 15) is 14.0 Å². The Bertz CT molecular complexity index is 1890. The first kappa shape index (κ1) is 25.1. The van der Waals surface area contributed by atoms with Crippen LogP contribution in [-0.2, 0) is 13.0 Å². The topological polar surface area (TPSA) is 70.8 Å². The fourth-order valence-corrected chi connectivity index (χ4v) is 5.07. The second-order valence-electron chi connectivity index (χ2n) is 9.79. The van der Waals surface area contributed by atoms with Gasteiger partial charge in [-0.1, -0.05) is 66.7 Å². The second-order valence-corrected chi connectivity index (χ2v) is 9.79. The molecule has 0 atom stereocenters. The van der Waals surface area contributed by atoms with Crippen molar-refractivity contribution in [3.63, 3.8) is 0 Å². The summed E-state index contributed by atoms with van der Waals surface area (Å²) in [7, 11) is 0. The second kappa shape index (κ2) is 10.5. The number of benzene rings is 4. The van der Waals surface area contributed by atoms with Crippen molar-refractivity contribution in [2.45, 2.75) is 13.0 Å². The van der Waals surface area contributed by atoms with Crippen LogP contribution in [0.3, 0.4) is 0 Å². The smallest absolute Gasteiger partial charge is 0.335 e. The summed E-state index contributed by atoms with van der Waals surface area (Å²) in [5.41, 5.74) is 5.74. The summed E-state index contributed by atoms with van der Waals surface area (Å²) in [5, 5.41) is 14.5. The van der Waals surface area contributed by atoms with E-state index in [0.29, 0.717) is 17.5 Å². The first-order valence-electron chi connectivity index (χ1n) is 12.9. The third kappa shape index (κ3) is 5.07. The molecule has 0 spiro atoms. The van der Waals surface area contributed by atoms with Gasteiger partial charge in [0.05, 0.1) is 16.6 Å². The average molecular weight is 529 g/mol. The number of nitrogens with zero attached hydrogens (tertiary/aromatic N) is 1. The molecule has 1 amide bonds. The summed E-state index contributed by atoms with van der Waals surface area (Å²) in [4.78, 5) is 24.8. The molecule has 0 saturated heterocycles. The molecule has 40 heavy (non-hydrogen) atoms. The maximum Gasteiger partial charge on any atom is 0.335 e. The largest absolute Gasteiger partial charge is 0.478 e. The molecular weight excluding hydrogens is 503 g/mol. The Balaban J connectivity index is 1.38. The van der Waals surface area contributed by atoms with Gasteiger partial charge in [0.2, 0.25) is 0 Å². The van der Waals surface area contributed by atoms with Gasteiger partial charge in [0.1, 0.15) is 5.82 Å². The van der Waals surface area contributed by atoms with Crippen molar-refractivity contribution in [1.82, 2.24) is 9.72 Å². The number of hydrogen-bond acceptors (Lipinski definition) is 2. The SMILES string of the molecule is O=C(O)c1ccc(CNC(=O)c2cc(-c3cccc(F)c3)cn3ccc(Cc4ccc5ccccc5c4)c23)cc1. The molecule has 0 unspecified atom stereocenters. The molecule has 0 saturated carbocycles. The van der Waals surface area contributed by atoms with E-state index < -0.39 is 5.97 Å². The Morgan fingerprint density at radius 1 is 0.775 bits per heavy atom. The molecule has 196 valence electrons. The Hall–Kier alpha value is -5.23. The van der Waals surface area contributed by atoms with Gasteiger partial charge in [0, 0.05) is 18.9 Å². The van der Waals surface area contributed by atoms with Gasteiger partial charge in [0.15, 0.2) is 0 Å². The highest BCUT2D eigenvalue weighted by molar-refractivity contribution is 6.03. The zero-order chi connectivity index (χ0) is 27.6. The molecule has 6 rings (SSSR count). The number of carboxylic acids is 1. The lowest BCUT2D eigenvalue weighted by atomic mass is 9.99. The molecule has 0 aliphatic rings. The Morgan fingerprint density at radius 2 is 1.55 bits per heavy atom. The predicted molar refractivity (Wildman–Crippen MR) is 154 cm³/mol. The van der Waals surface area contributed by atoms with Crippen LogP contribution in [0.1, 0.15) is 37.4 Å². The average Bonchev–Trinajstić information content (AvgIpc) is 3.38. The highest BCUT2D eigenvalue weighted by Crippen LogP contribution is 2.28. The van der Waals surface area contributed by atoms with Crippen LogP contribution < -0.4 is 5.32 Å². The highest BCUT2D eigenvalue weighted by Gasteiger charge is 2.17. The number of halogens is 1. The van der Waals surface area contributed by atoms with Crippen LogP contribution in [0.2, 0.25) is 0 Å². The van der Waals surface area contributed by atoms with Crippen molar-refractivity contribution in [2.75, 3.05) is 0 Å². The van der Waals surface area contributed by atoms with Gasteiger partial charge in [-0.25, -0.2) is 9.18 Å². The van der Waals surface area contributed by atoms with Crippen molar-refractivity contribution in [2.24, 2.45) is 0 Å². The van der Waals surface area contributed by atoms with Gasteiger partial charge in [0.25, 0.3) is 5.91 Å². The lowest BCUT2D eigenvalue weighted by molar-refractivity contribution is 0.0696. The summed E-state index contributed by atoms with van der Waals surface area (Å²) in [5.74, 6) is -1.62. The van der Waals surface area contributed by atoms with E-state index in [1.54, 1.807) is 24.3 Å². The Kier molecular flexibility index (Phi) is 6.58. The number of aromatic carboxylic acids is 1. The van der Waals surface area contributed by atoms with Gasteiger partial charge in [-0.2, -0.15) is 0 Å². The van der Waals surface area contributed by atoms with Crippen LogP contribution in [0.5, 0.6) is 0 Å². The molecule has 0 aliphatic carbocycles. The van der Waals surface area contributed by atoms with E-state index in [1.807, 2.05) is 41.1 Å². The summed E-state index contributed by atoms with van der Waals surface area (Å²) in [6.45, 7) is 0.232. The van der Waals surface area contributed by atoms with Crippen molar-refractivity contribution >= 4 is 28.2 Å². The Labute approximate surface area is 230 Å². The molecule has 0 fully saturated rings. The zero-order valence-corrected chi connectivity index (χ0v) is 21.5. The molecule has 0 radical (unpaired) electrons. The molecule has 4 aromatic carbocycles. The van der Waals surface area contributed by atoms with Crippen LogP contribution in [0.4, 0.5) is 4.39 Å². The maximum absolute atomic E-state index is 14.0. The number of fused-ring (bicyclic) bond motifs is 2. The monoisotopic (exact) mass is 528 g/mol. The van der Waals surface area contributed by atoms with Crippen molar-refractivity contribution in [3.8, 4) is 11.1 Å². The fraction of sp³-hybridized carbons (Fsp3) is 0.0588. The first-order chi connectivity index (χ1) is 19.4. The number of carbonyl (C=O) groups is 2. The molecule has 0 bridgehead atoms. The summed E-state index contributed by atoms with van der Waals surface area (Å²) in [6, 6.07) is 31.1. The molecule has 6 aromatic rings. The molecule has 5 nitrogen and oxygen atoms in total. The van der Waals surface area contributed by atoms with Crippen LogP contribution in [0, 0.1) is 5.82 Å². The van der Waals surface area contributed by atoms with Gasteiger partial charge in [-0.05, 0) is 81.4 Å². The first-order valence-corrected chi connectivity index (χ1v) is 12.9. The lowest BCUT2D eigenvalue weighted by Gasteiger charge is -2.13. The quantitative estimate of drug-likeness (QED) is 0.232. The number of pyridine rings is 1. The minimum atomic E-state index is -1.00. The minimum Gasteiger partial charge on any atom is -0.478 e.